The third kappa shape index (κ3) is 8.42. The number of halogens is 2. The van der Waals surface area contributed by atoms with E-state index in [1.165, 1.54) is 24.0 Å². The van der Waals surface area contributed by atoms with Crippen molar-refractivity contribution in [2.45, 2.75) is 53.2 Å². The van der Waals surface area contributed by atoms with E-state index >= 15 is 0 Å². The van der Waals surface area contributed by atoms with Crippen LogP contribution in [0.1, 0.15) is 49.9 Å². The van der Waals surface area contributed by atoms with E-state index in [1.54, 1.807) is 18.3 Å². The number of aromatic nitrogens is 1. The number of nitrogens with zero attached hydrogens (tertiary/aromatic N) is 2. The van der Waals surface area contributed by atoms with Crippen molar-refractivity contribution in [3.8, 4) is 5.75 Å². The number of aryl methyl sites for hydroxylation is 2. The van der Waals surface area contributed by atoms with Crippen LogP contribution in [0.5, 0.6) is 5.75 Å². The largest absolute Gasteiger partial charge is 0.433 e. The Bertz CT molecular complexity index is 946. The zero-order valence-electron chi connectivity index (χ0n) is 19.7. The molecule has 0 fully saturated rings. The molecule has 180 valence electrons. The maximum Gasteiger partial charge on any atom is 0.394 e. The first-order chi connectivity index (χ1) is 15.5. The van der Waals surface area contributed by atoms with E-state index in [4.69, 9.17) is 4.74 Å². The summed E-state index contributed by atoms with van der Waals surface area (Å²) >= 11 is 0. The summed E-state index contributed by atoms with van der Waals surface area (Å²) in [7, 11) is 0. The number of ketones is 1. The molecule has 2 amide bonds. The zero-order valence-corrected chi connectivity index (χ0v) is 19.7. The van der Waals surface area contributed by atoms with Gasteiger partial charge in [-0.25, -0.2) is 9.78 Å². The SMILES string of the molecule is CCOCCC(NC(=O)N(CC(C)=O)c1ncc(C)cc1C)c1ccc(OC(C)(F)F)cc1. The highest BCUT2D eigenvalue weighted by atomic mass is 19.3. The van der Waals surface area contributed by atoms with Crippen molar-refractivity contribution in [1.29, 1.82) is 0 Å². The van der Waals surface area contributed by atoms with Crippen LogP contribution in [0.25, 0.3) is 0 Å². The smallest absolute Gasteiger partial charge is 0.394 e. The molecule has 1 aromatic carbocycles. The minimum absolute atomic E-state index is 0.0128. The fourth-order valence-electron chi connectivity index (χ4n) is 3.33. The molecule has 9 heteroatoms. The number of alkyl halides is 2. The van der Waals surface area contributed by atoms with E-state index in [1.807, 2.05) is 26.8 Å². The number of carbonyl (C=O) groups is 2. The normalized spacial score (nSPS) is 12.2. The Morgan fingerprint density at radius 1 is 1.21 bits per heavy atom. The van der Waals surface area contributed by atoms with Crippen LogP contribution in [0, 0.1) is 13.8 Å². The van der Waals surface area contributed by atoms with Gasteiger partial charge in [-0.05, 0) is 62.9 Å². The zero-order chi connectivity index (χ0) is 24.6. The summed E-state index contributed by atoms with van der Waals surface area (Å²) in [6.45, 7) is 8.40. The fraction of sp³-hybridized carbons (Fsp3) is 0.458. The van der Waals surface area contributed by atoms with Crippen LogP contribution in [-0.4, -0.2) is 42.7 Å². The number of hydrogen-bond acceptors (Lipinski definition) is 5. The summed E-state index contributed by atoms with van der Waals surface area (Å²) in [5.74, 6) is 0.212. The van der Waals surface area contributed by atoms with Gasteiger partial charge < -0.3 is 14.8 Å². The minimum Gasteiger partial charge on any atom is -0.433 e. The number of hydrogen-bond donors (Lipinski definition) is 1. The van der Waals surface area contributed by atoms with E-state index in [0.717, 1.165) is 11.1 Å². The number of rotatable bonds is 11. The van der Waals surface area contributed by atoms with E-state index in [9.17, 15) is 18.4 Å². The Morgan fingerprint density at radius 2 is 1.88 bits per heavy atom. The van der Waals surface area contributed by atoms with Gasteiger partial charge in [0.2, 0.25) is 0 Å². The Labute approximate surface area is 193 Å². The lowest BCUT2D eigenvalue weighted by Gasteiger charge is -2.27. The van der Waals surface area contributed by atoms with Crippen LogP contribution >= 0.6 is 0 Å². The second-order valence-electron chi connectivity index (χ2n) is 7.91. The first-order valence-corrected chi connectivity index (χ1v) is 10.8. The Kier molecular flexibility index (Phi) is 9.28. The van der Waals surface area contributed by atoms with E-state index in [-0.39, 0.29) is 18.1 Å². The van der Waals surface area contributed by atoms with Crippen LogP contribution in [0.3, 0.4) is 0 Å². The molecule has 0 radical (unpaired) electrons. The molecule has 1 heterocycles. The van der Waals surface area contributed by atoms with Crippen LogP contribution in [0.15, 0.2) is 36.5 Å². The first kappa shape index (κ1) is 26.2. The molecular weight excluding hydrogens is 432 g/mol. The molecule has 0 aliphatic rings. The van der Waals surface area contributed by atoms with Crippen molar-refractivity contribution in [3.63, 3.8) is 0 Å². The van der Waals surface area contributed by atoms with Crippen LogP contribution in [0.4, 0.5) is 19.4 Å². The van der Waals surface area contributed by atoms with Gasteiger partial charge in [0.25, 0.3) is 0 Å². The highest BCUT2D eigenvalue weighted by Crippen LogP contribution is 2.25. The Hall–Kier alpha value is -3.07. The fourth-order valence-corrected chi connectivity index (χ4v) is 3.33. The van der Waals surface area contributed by atoms with Crippen molar-refractivity contribution in [2.75, 3.05) is 24.7 Å². The van der Waals surface area contributed by atoms with Crippen molar-refractivity contribution in [2.24, 2.45) is 0 Å². The molecule has 7 nitrogen and oxygen atoms in total. The predicted molar refractivity (Wildman–Crippen MR) is 122 cm³/mol. The third-order valence-corrected chi connectivity index (χ3v) is 4.70. The molecule has 0 aliphatic carbocycles. The molecule has 2 rings (SSSR count). The molecule has 33 heavy (non-hydrogen) atoms. The number of ether oxygens (including phenoxy) is 2. The van der Waals surface area contributed by atoms with Gasteiger partial charge in [-0.2, -0.15) is 8.78 Å². The second-order valence-corrected chi connectivity index (χ2v) is 7.91. The number of amides is 2. The number of benzene rings is 1. The molecule has 0 bridgehead atoms. The van der Waals surface area contributed by atoms with Crippen molar-refractivity contribution >= 4 is 17.6 Å². The highest BCUT2D eigenvalue weighted by Gasteiger charge is 2.25. The van der Waals surface area contributed by atoms with Gasteiger partial charge in [0.1, 0.15) is 17.4 Å². The number of nitrogens with one attached hydrogen (secondary N) is 1. The van der Waals surface area contributed by atoms with E-state index < -0.39 is 18.2 Å². The van der Waals surface area contributed by atoms with Gasteiger partial charge in [0.05, 0.1) is 12.6 Å². The molecule has 0 saturated heterocycles. The summed E-state index contributed by atoms with van der Waals surface area (Å²) < 4.78 is 36.3. The minimum atomic E-state index is -3.30. The molecule has 0 saturated carbocycles. The maximum atomic E-state index is 13.2. The van der Waals surface area contributed by atoms with Crippen LogP contribution in [-0.2, 0) is 9.53 Å². The second kappa shape index (κ2) is 11.7. The molecule has 1 unspecified atom stereocenters. The lowest BCUT2D eigenvalue weighted by molar-refractivity contribution is -0.158. The number of urea groups is 1. The monoisotopic (exact) mass is 463 g/mol. The molecular formula is C24H31F2N3O4. The van der Waals surface area contributed by atoms with Crippen molar-refractivity contribution in [1.82, 2.24) is 10.3 Å². The summed E-state index contributed by atoms with van der Waals surface area (Å²) in [5.41, 5.74) is 2.39. The number of carbonyl (C=O) groups excluding carboxylic acids is 2. The molecule has 1 aromatic heterocycles. The van der Waals surface area contributed by atoms with Gasteiger partial charge in [0, 0.05) is 26.3 Å². The lowest BCUT2D eigenvalue weighted by atomic mass is 10.0. The number of Topliss-reactive ketones (excluding diaryl/α,β-unsaturated/α-hetero) is 1. The molecule has 2 aromatic rings. The standard InChI is InChI=1S/C24H31F2N3O4/c1-6-32-12-11-21(19-7-9-20(10-8-19)33-24(5,25)26)28-23(31)29(15-18(4)30)22-17(3)13-16(2)14-27-22/h7-10,13-14,21H,6,11-12,15H2,1-5H3,(H,28,31). The van der Waals surface area contributed by atoms with Crippen molar-refractivity contribution < 1.29 is 27.8 Å². The van der Waals surface area contributed by atoms with Crippen LogP contribution in [0.2, 0.25) is 0 Å². The molecule has 0 spiro atoms. The summed E-state index contributed by atoms with van der Waals surface area (Å²) in [6, 6.07) is 6.98. The van der Waals surface area contributed by atoms with Gasteiger partial charge in [-0.3, -0.25) is 9.69 Å². The average Bonchev–Trinajstić information content (AvgIpc) is 2.71. The van der Waals surface area contributed by atoms with Gasteiger partial charge >= 0.3 is 12.1 Å². The predicted octanol–water partition coefficient (Wildman–Crippen LogP) is 4.96. The van der Waals surface area contributed by atoms with Gasteiger partial charge in [0.15, 0.2) is 0 Å². The average molecular weight is 464 g/mol. The highest BCUT2D eigenvalue weighted by molar-refractivity contribution is 5.97. The van der Waals surface area contributed by atoms with Gasteiger partial charge in [-0.15, -0.1) is 0 Å². The lowest BCUT2D eigenvalue weighted by Crippen LogP contribution is -2.45. The van der Waals surface area contributed by atoms with E-state index in [0.29, 0.717) is 37.9 Å². The topological polar surface area (TPSA) is 80.8 Å². The molecule has 0 aliphatic heterocycles. The molecule has 1 N–H and O–H groups in total. The summed E-state index contributed by atoms with van der Waals surface area (Å²) in [5, 5.41) is 2.93. The Morgan fingerprint density at radius 3 is 2.42 bits per heavy atom. The summed E-state index contributed by atoms with van der Waals surface area (Å²) in [6.07, 6.45) is -1.22. The quantitative estimate of drug-likeness (QED) is 0.476. The number of pyridine rings is 1. The van der Waals surface area contributed by atoms with Crippen molar-refractivity contribution in [3.05, 3.63) is 53.2 Å². The van der Waals surface area contributed by atoms with Crippen LogP contribution < -0.4 is 15.0 Å². The summed E-state index contributed by atoms with van der Waals surface area (Å²) in [4.78, 5) is 30.8. The third-order valence-electron chi connectivity index (χ3n) is 4.70. The number of anilines is 1. The Balaban J connectivity index is 2.28. The first-order valence-electron chi connectivity index (χ1n) is 10.8. The van der Waals surface area contributed by atoms with Gasteiger partial charge in [-0.1, -0.05) is 18.2 Å². The maximum absolute atomic E-state index is 13.2. The molecule has 1 atom stereocenters. The van der Waals surface area contributed by atoms with E-state index in [2.05, 4.69) is 15.0 Å².